The van der Waals surface area contributed by atoms with E-state index < -0.39 is 5.41 Å². The van der Waals surface area contributed by atoms with Crippen LogP contribution in [0.3, 0.4) is 0 Å². The summed E-state index contributed by atoms with van der Waals surface area (Å²) in [7, 11) is 1.55. The highest BCUT2D eigenvalue weighted by Crippen LogP contribution is 2.46. The smallest absolute Gasteiger partial charge is 0.257 e. The van der Waals surface area contributed by atoms with E-state index in [1.807, 2.05) is 71.8 Å². The van der Waals surface area contributed by atoms with Crippen molar-refractivity contribution in [2.75, 3.05) is 24.9 Å². The minimum Gasteiger partial charge on any atom is -0.507 e. The summed E-state index contributed by atoms with van der Waals surface area (Å²) in [6.07, 6.45) is 2.75. The van der Waals surface area contributed by atoms with Crippen LogP contribution in [0.2, 0.25) is 0 Å². The zero-order chi connectivity index (χ0) is 33.7. The number of fused-ring (bicyclic) bond motifs is 6. The predicted octanol–water partition coefficient (Wildman–Crippen LogP) is 7.13. The van der Waals surface area contributed by atoms with Crippen molar-refractivity contribution >= 4 is 51.7 Å². The summed E-state index contributed by atoms with van der Waals surface area (Å²) in [6, 6.07) is 28.5. The van der Waals surface area contributed by atoms with Gasteiger partial charge >= 0.3 is 0 Å². The van der Waals surface area contributed by atoms with Gasteiger partial charge in [-0.1, -0.05) is 72.8 Å². The number of Topliss-reactive ketones (excluding diaryl/α,β-unsaturated/α-hetero) is 1. The molecule has 0 radical (unpaired) electrons. The first-order valence-electron chi connectivity index (χ1n) is 16.3. The molecule has 5 aromatic rings. The van der Waals surface area contributed by atoms with Crippen molar-refractivity contribution in [1.82, 2.24) is 4.90 Å². The molecule has 8 rings (SSSR count). The molecule has 2 atom stereocenters. The largest absolute Gasteiger partial charge is 0.507 e. The lowest BCUT2D eigenvalue weighted by molar-refractivity contribution is -0.122. The van der Waals surface area contributed by atoms with Crippen LogP contribution >= 0.6 is 11.6 Å². The van der Waals surface area contributed by atoms with Gasteiger partial charge in [-0.25, -0.2) is 0 Å². The lowest BCUT2D eigenvalue weighted by Gasteiger charge is -2.34. The first kappa shape index (κ1) is 31.0. The topological polar surface area (TPSA) is 100 Å². The Hall–Kier alpha value is -5.34. The van der Waals surface area contributed by atoms with E-state index in [9.17, 15) is 14.7 Å². The molecule has 2 N–H and O–H groups in total. The first-order valence-corrected chi connectivity index (χ1v) is 16.8. The minimum atomic E-state index is -0.944. The van der Waals surface area contributed by atoms with E-state index in [0.29, 0.717) is 47.6 Å². The van der Waals surface area contributed by atoms with Crippen molar-refractivity contribution in [3.63, 3.8) is 0 Å². The Labute approximate surface area is 288 Å². The number of carbonyl (C=O) groups excluding carboxylic acids is 2. The van der Waals surface area contributed by atoms with Gasteiger partial charge in [0.1, 0.15) is 12.4 Å². The Bertz CT molecular complexity index is 2180. The van der Waals surface area contributed by atoms with Crippen LogP contribution in [0, 0.1) is 0 Å². The maximum absolute atomic E-state index is 14.1. The van der Waals surface area contributed by atoms with Gasteiger partial charge in [-0.2, -0.15) is 0 Å². The Morgan fingerprint density at radius 1 is 0.980 bits per heavy atom. The zero-order valence-corrected chi connectivity index (χ0v) is 27.7. The van der Waals surface area contributed by atoms with E-state index >= 15 is 0 Å². The lowest BCUT2D eigenvalue weighted by atomic mass is 9.76. The van der Waals surface area contributed by atoms with Gasteiger partial charge in [0.15, 0.2) is 17.3 Å². The molecule has 5 aromatic carbocycles. The number of halogens is 1. The molecule has 3 heterocycles. The summed E-state index contributed by atoms with van der Waals surface area (Å²) < 4.78 is 11.9. The van der Waals surface area contributed by atoms with Crippen LogP contribution in [-0.2, 0) is 36.2 Å². The molecule has 0 saturated heterocycles. The van der Waals surface area contributed by atoms with Crippen molar-refractivity contribution in [3.8, 4) is 17.2 Å². The van der Waals surface area contributed by atoms with Gasteiger partial charge in [-0.05, 0) is 45.7 Å². The fraction of sp³-hybridized carbons (Fsp3) is 0.225. The normalized spacial score (nSPS) is 18.9. The number of nitrogens with one attached hydrogen (secondary N) is 1. The number of aromatic hydroxyl groups is 1. The number of phenolic OH excluding ortho intramolecular Hbond substituents is 1. The van der Waals surface area contributed by atoms with Gasteiger partial charge in [-0.15, -0.1) is 11.6 Å². The summed E-state index contributed by atoms with van der Waals surface area (Å²) in [5, 5.41) is 15.4. The summed E-state index contributed by atoms with van der Waals surface area (Å²) in [5.41, 5.74) is 5.73. The highest BCUT2D eigenvalue weighted by molar-refractivity contribution is 6.22. The lowest BCUT2D eigenvalue weighted by Crippen LogP contribution is -2.44. The van der Waals surface area contributed by atoms with Crippen molar-refractivity contribution in [3.05, 3.63) is 124 Å². The van der Waals surface area contributed by atoms with E-state index in [4.69, 9.17) is 26.1 Å². The van der Waals surface area contributed by atoms with Gasteiger partial charge in [0.05, 0.1) is 29.8 Å². The van der Waals surface area contributed by atoms with Crippen LogP contribution in [0.25, 0.3) is 10.8 Å². The summed E-state index contributed by atoms with van der Waals surface area (Å²) in [4.78, 5) is 34.5. The second-order valence-electron chi connectivity index (χ2n) is 12.9. The third kappa shape index (κ3) is 5.27. The van der Waals surface area contributed by atoms with Crippen LogP contribution < -0.4 is 14.8 Å². The molecule has 246 valence electrons. The molecular formula is C40H34ClN3O5. The van der Waals surface area contributed by atoms with E-state index in [1.165, 1.54) is 5.56 Å². The number of nitrogens with zero attached hydrogens (tertiary/aromatic N) is 2. The van der Waals surface area contributed by atoms with E-state index in [2.05, 4.69) is 17.4 Å². The van der Waals surface area contributed by atoms with Crippen molar-refractivity contribution in [2.45, 2.75) is 37.5 Å². The fourth-order valence-electron chi connectivity index (χ4n) is 7.44. The van der Waals surface area contributed by atoms with E-state index in [-0.39, 0.29) is 42.4 Å². The Balaban J connectivity index is 1.02. The van der Waals surface area contributed by atoms with Crippen LogP contribution in [0.5, 0.6) is 17.2 Å². The molecule has 0 aromatic heterocycles. The van der Waals surface area contributed by atoms with Crippen LogP contribution in [-0.4, -0.2) is 53.5 Å². The molecule has 1 amide bonds. The SMILES string of the molecule is COc1cc2c(cc1OCc1cccc(CC(=O)[C@@]3(CCl)CNc4cc(O)c5ccccc5c43)c1)N=C[C@@H]1Cc3ccccc3CN1C2=O. The Kier molecular flexibility index (Phi) is 7.76. The molecule has 0 fully saturated rings. The molecule has 0 unspecified atom stereocenters. The van der Waals surface area contributed by atoms with Crippen LogP contribution in [0.1, 0.15) is 38.2 Å². The molecular weight excluding hydrogens is 638 g/mol. The Morgan fingerprint density at radius 3 is 2.57 bits per heavy atom. The summed E-state index contributed by atoms with van der Waals surface area (Å²) in [6.45, 7) is 1.10. The molecule has 3 aliphatic rings. The number of amides is 1. The molecule has 0 bridgehead atoms. The summed E-state index contributed by atoms with van der Waals surface area (Å²) >= 11 is 6.61. The van der Waals surface area contributed by atoms with Crippen LogP contribution in [0.4, 0.5) is 11.4 Å². The molecule has 0 spiro atoms. The third-order valence-electron chi connectivity index (χ3n) is 10.0. The quantitative estimate of drug-likeness (QED) is 0.170. The second-order valence-corrected chi connectivity index (χ2v) is 13.2. The highest BCUT2D eigenvalue weighted by Gasteiger charge is 2.46. The fourth-order valence-corrected chi connectivity index (χ4v) is 7.82. The van der Waals surface area contributed by atoms with Gasteiger partial charge in [0, 0.05) is 54.8 Å². The standard InChI is InChI=1S/C40H34ClN3O5/c1-48-35-16-31-32(42-19-28-15-26-9-2-3-10-27(26)20-44(28)39(31)47)18-36(35)49-21-25-8-6-7-24(13-25)14-37(46)40(22-41)23-43-33-17-34(45)29-11-4-5-12-30(29)38(33)40/h2-13,16-19,28,43,45H,14-15,20-23H2,1H3/t28-,40+/m0/s1. The number of rotatable bonds is 8. The van der Waals surface area contributed by atoms with Gasteiger partial charge in [-0.3, -0.25) is 14.6 Å². The number of alkyl halides is 1. The van der Waals surface area contributed by atoms with Crippen molar-refractivity contribution < 1.29 is 24.2 Å². The van der Waals surface area contributed by atoms with Crippen molar-refractivity contribution in [1.29, 1.82) is 0 Å². The van der Waals surface area contributed by atoms with E-state index in [0.717, 1.165) is 33.3 Å². The van der Waals surface area contributed by atoms with Crippen LogP contribution in [0.15, 0.2) is 96.0 Å². The van der Waals surface area contributed by atoms with Gasteiger partial charge in [0.25, 0.3) is 5.91 Å². The number of anilines is 1. The molecule has 3 aliphatic heterocycles. The molecule has 0 saturated carbocycles. The third-order valence-corrected chi connectivity index (χ3v) is 10.5. The summed E-state index contributed by atoms with van der Waals surface area (Å²) in [5.74, 6) is 1.10. The molecule has 8 nitrogen and oxygen atoms in total. The monoisotopic (exact) mass is 671 g/mol. The van der Waals surface area contributed by atoms with Gasteiger partial charge in [0.2, 0.25) is 0 Å². The van der Waals surface area contributed by atoms with E-state index in [1.54, 1.807) is 25.3 Å². The molecule has 0 aliphatic carbocycles. The predicted molar refractivity (Wildman–Crippen MR) is 191 cm³/mol. The maximum atomic E-state index is 14.1. The number of benzene rings is 5. The minimum absolute atomic E-state index is 0.00276. The number of carbonyl (C=O) groups is 2. The number of hydrogen-bond acceptors (Lipinski definition) is 7. The first-order chi connectivity index (χ1) is 23.9. The number of ketones is 1. The second kappa shape index (κ2) is 12.3. The highest BCUT2D eigenvalue weighted by atomic mass is 35.5. The molecule has 9 heteroatoms. The number of aliphatic imine (C=N–C) groups is 1. The van der Waals surface area contributed by atoms with Gasteiger partial charge < -0.3 is 24.8 Å². The number of ether oxygens (including phenoxy) is 2. The maximum Gasteiger partial charge on any atom is 0.257 e. The Morgan fingerprint density at radius 2 is 1.76 bits per heavy atom. The average molecular weight is 672 g/mol. The zero-order valence-electron chi connectivity index (χ0n) is 26.9. The average Bonchev–Trinajstić information content (AvgIpc) is 3.46. The molecule has 49 heavy (non-hydrogen) atoms. The number of hydrogen-bond donors (Lipinski definition) is 2. The van der Waals surface area contributed by atoms with Crippen molar-refractivity contribution in [2.24, 2.45) is 4.99 Å². The number of phenols is 1. The number of methoxy groups -OCH3 is 1.